The lowest BCUT2D eigenvalue weighted by Crippen LogP contribution is -2.02. The normalized spacial score (nSPS) is 10.4. The molecule has 0 aliphatic rings. The quantitative estimate of drug-likeness (QED) is 0.799. The third kappa shape index (κ3) is 2.13. The molecule has 1 aromatic heterocycles. The van der Waals surface area contributed by atoms with Crippen molar-refractivity contribution in [2.75, 3.05) is 7.11 Å². The third-order valence-corrected chi connectivity index (χ3v) is 3.73. The Morgan fingerprint density at radius 1 is 1.50 bits per heavy atom. The van der Waals surface area contributed by atoms with Gasteiger partial charge in [-0.15, -0.1) is 11.3 Å². The van der Waals surface area contributed by atoms with Crippen molar-refractivity contribution >= 4 is 28.7 Å². The average molecular weight is 282 g/mol. The zero-order chi connectivity index (χ0) is 13.3. The van der Waals surface area contributed by atoms with Gasteiger partial charge in [0.05, 0.1) is 23.9 Å². The number of benzene rings is 1. The number of rotatable bonds is 3. The molecule has 0 amide bonds. The first kappa shape index (κ1) is 13.1. The van der Waals surface area contributed by atoms with E-state index < -0.39 is 0 Å². The standard InChI is InChI=1S/C13H12ClNO2S/c1-7-10(14)4-9(8(2)16)13(17-3)12(7)11-5-18-6-15-11/h4-6H,1-3H3. The minimum atomic E-state index is -0.0785. The van der Waals surface area contributed by atoms with Crippen LogP contribution in [0.5, 0.6) is 5.75 Å². The molecule has 0 spiro atoms. The van der Waals surface area contributed by atoms with Crippen LogP contribution in [0.4, 0.5) is 0 Å². The van der Waals surface area contributed by atoms with Gasteiger partial charge in [0.2, 0.25) is 0 Å². The average Bonchev–Trinajstić information content (AvgIpc) is 2.84. The molecule has 3 nitrogen and oxygen atoms in total. The van der Waals surface area contributed by atoms with E-state index in [1.807, 2.05) is 12.3 Å². The summed E-state index contributed by atoms with van der Waals surface area (Å²) in [5, 5.41) is 2.45. The summed E-state index contributed by atoms with van der Waals surface area (Å²) in [5.74, 6) is 0.459. The predicted octanol–water partition coefficient (Wildman–Crippen LogP) is 3.98. The second-order valence-corrected chi connectivity index (χ2v) is 4.99. The molecule has 0 saturated carbocycles. The first-order valence-electron chi connectivity index (χ1n) is 5.32. The summed E-state index contributed by atoms with van der Waals surface area (Å²) < 4.78 is 5.38. The van der Waals surface area contributed by atoms with Crippen LogP contribution in [0.25, 0.3) is 11.3 Å². The Labute approximate surface area is 114 Å². The first-order valence-corrected chi connectivity index (χ1v) is 6.65. The van der Waals surface area contributed by atoms with Gasteiger partial charge in [0, 0.05) is 16.0 Å². The highest BCUT2D eigenvalue weighted by Crippen LogP contribution is 2.39. The number of aromatic nitrogens is 1. The number of methoxy groups -OCH3 is 1. The van der Waals surface area contributed by atoms with E-state index in [1.165, 1.54) is 18.3 Å². The van der Waals surface area contributed by atoms with Crippen molar-refractivity contribution in [2.45, 2.75) is 13.8 Å². The van der Waals surface area contributed by atoms with E-state index in [-0.39, 0.29) is 5.78 Å². The molecule has 0 saturated heterocycles. The Balaban J connectivity index is 2.81. The van der Waals surface area contributed by atoms with E-state index >= 15 is 0 Å². The van der Waals surface area contributed by atoms with Crippen LogP contribution in [0, 0.1) is 6.92 Å². The molecule has 5 heteroatoms. The van der Waals surface area contributed by atoms with Crippen molar-refractivity contribution in [2.24, 2.45) is 0 Å². The summed E-state index contributed by atoms with van der Waals surface area (Å²) in [6, 6.07) is 1.65. The lowest BCUT2D eigenvalue weighted by atomic mass is 9.99. The van der Waals surface area contributed by atoms with Crippen molar-refractivity contribution in [3.63, 3.8) is 0 Å². The third-order valence-electron chi connectivity index (χ3n) is 2.75. The maximum absolute atomic E-state index is 11.7. The van der Waals surface area contributed by atoms with E-state index in [9.17, 15) is 4.79 Å². The van der Waals surface area contributed by atoms with Gasteiger partial charge in [-0.25, -0.2) is 4.98 Å². The number of Topliss-reactive ketones (excluding diaryl/α,β-unsaturated/α-hetero) is 1. The molecule has 0 atom stereocenters. The molecule has 1 heterocycles. The second kappa shape index (κ2) is 5.08. The van der Waals surface area contributed by atoms with Gasteiger partial charge in [-0.1, -0.05) is 11.6 Å². The van der Waals surface area contributed by atoms with Gasteiger partial charge in [0.25, 0.3) is 0 Å². The van der Waals surface area contributed by atoms with E-state index in [4.69, 9.17) is 16.3 Å². The molecular formula is C13H12ClNO2S. The van der Waals surface area contributed by atoms with Crippen molar-refractivity contribution < 1.29 is 9.53 Å². The minimum absolute atomic E-state index is 0.0785. The van der Waals surface area contributed by atoms with Crippen molar-refractivity contribution in [3.8, 4) is 17.0 Å². The molecular weight excluding hydrogens is 270 g/mol. The summed E-state index contributed by atoms with van der Waals surface area (Å²) >= 11 is 7.66. The van der Waals surface area contributed by atoms with Crippen LogP contribution in [0.2, 0.25) is 5.02 Å². The lowest BCUT2D eigenvalue weighted by molar-refractivity contribution is 0.101. The fraction of sp³-hybridized carbons (Fsp3) is 0.231. The van der Waals surface area contributed by atoms with E-state index in [2.05, 4.69) is 4.98 Å². The summed E-state index contributed by atoms with van der Waals surface area (Å²) in [6.07, 6.45) is 0. The van der Waals surface area contributed by atoms with Crippen molar-refractivity contribution in [3.05, 3.63) is 33.1 Å². The maximum atomic E-state index is 11.7. The van der Waals surface area contributed by atoms with Crippen LogP contribution in [0.1, 0.15) is 22.8 Å². The highest BCUT2D eigenvalue weighted by atomic mass is 35.5. The van der Waals surface area contributed by atoms with Gasteiger partial charge >= 0.3 is 0 Å². The molecule has 0 aliphatic carbocycles. The maximum Gasteiger partial charge on any atom is 0.163 e. The Hall–Kier alpha value is -1.39. The molecule has 2 aromatic rings. The van der Waals surface area contributed by atoms with Crippen molar-refractivity contribution in [1.29, 1.82) is 0 Å². The number of carbonyl (C=O) groups excluding carboxylic acids is 1. The second-order valence-electron chi connectivity index (χ2n) is 3.87. The number of ketones is 1. The van der Waals surface area contributed by atoms with Gasteiger partial charge in [0.1, 0.15) is 5.75 Å². The fourth-order valence-electron chi connectivity index (χ4n) is 1.84. The summed E-state index contributed by atoms with van der Waals surface area (Å²) in [5.41, 5.74) is 4.65. The number of hydrogen-bond donors (Lipinski definition) is 0. The SMILES string of the molecule is COc1c(C(C)=O)cc(Cl)c(C)c1-c1cscn1. The lowest BCUT2D eigenvalue weighted by Gasteiger charge is -2.14. The van der Waals surface area contributed by atoms with Gasteiger partial charge in [-0.2, -0.15) is 0 Å². The van der Waals surface area contributed by atoms with Crippen LogP contribution in [0.3, 0.4) is 0 Å². The molecule has 94 valence electrons. The first-order chi connectivity index (χ1) is 8.56. The zero-order valence-corrected chi connectivity index (χ0v) is 11.9. The number of halogens is 1. The molecule has 2 rings (SSSR count). The Bertz CT molecular complexity index is 594. The molecule has 0 unspecified atom stereocenters. The van der Waals surface area contributed by atoms with Gasteiger partial charge in [-0.05, 0) is 25.5 Å². The molecule has 0 bridgehead atoms. The summed E-state index contributed by atoms with van der Waals surface area (Å²) in [6.45, 7) is 3.39. The van der Waals surface area contributed by atoms with Crippen LogP contribution >= 0.6 is 22.9 Å². The molecule has 18 heavy (non-hydrogen) atoms. The Morgan fingerprint density at radius 3 is 2.72 bits per heavy atom. The minimum Gasteiger partial charge on any atom is -0.495 e. The zero-order valence-electron chi connectivity index (χ0n) is 10.3. The van der Waals surface area contributed by atoms with Crippen LogP contribution in [-0.2, 0) is 0 Å². The van der Waals surface area contributed by atoms with E-state index in [0.717, 1.165) is 16.8 Å². The highest BCUT2D eigenvalue weighted by Gasteiger charge is 2.20. The fourth-order valence-corrected chi connectivity index (χ4v) is 2.59. The number of hydrogen-bond acceptors (Lipinski definition) is 4. The number of thiazole rings is 1. The largest absolute Gasteiger partial charge is 0.495 e. The highest BCUT2D eigenvalue weighted by molar-refractivity contribution is 7.07. The van der Waals surface area contributed by atoms with E-state index in [0.29, 0.717) is 16.3 Å². The number of ether oxygens (including phenoxy) is 1. The smallest absolute Gasteiger partial charge is 0.163 e. The topological polar surface area (TPSA) is 39.2 Å². The molecule has 0 aliphatic heterocycles. The molecule has 1 aromatic carbocycles. The van der Waals surface area contributed by atoms with Gasteiger partial charge in [0.15, 0.2) is 5.78 Å². The van der Waals surface area contributed by atoms with Gasteiger partial charge in [-0.3, -0.25) is 4.79 Å². The van der Waals surface area contributed by atoms with E-state index in [1.54, 1.807) is 18.7 Å². The number of carbonyl (C=O) groups is 1. The summed E-state index contributed by atoms with van der Waals surface area (Å²) in [7, 11) is 1.55. The van der Waals surface area contributed by atoms with Crippen LogP contribution in [0.15, 0.2) is 17.0 Å². The van der Waals surface area contributed by atoms with Crippen molar-refractivity contribution in [1.82, 2.24) is 4.98 Å². The Morgan fingerprint density at radius 2 is 2.22 bits per heavy atom. The molecule has 0 fully saturated rings. The Kier molecular flexibility index (Phi) is 3.68. The van der Waals surface area contributed by atoms with Crippen LogP contribution in [-0.4, -0.2) is 17.9 Å². The van der Waals surface area contributed by atoms with Gasteiger partial charge < -0.3 is 4.74 Å². The molecule has 0 N–H and O–H groups in total. The monoisotopic (exact) mass is 281 g/mol. The predicted molar refractivity (Wildman–Crippen MR) is 73.9 cm³/mol. The summed E-state index contributed by atoms with van der Waals surface area (Å²) in [4.78, 5) is 15.9. The number of nitrogens with zero attached hydrogens (tertiary/aromatic N) is 1. The molecule has 0 radical (unpaired) electrons. The van der Waals surface area contributed by atoms with Crippen LogP contribution < -0.4 is 4.74 Å².